The Hall–Kier alpha value is -2.89. The largest absolute Gasteiger partial charge is 0.281 e. The molecule has 20 heavy (non-hydrogen) atoms. The lowest BCUT2D eigenvalue weighted by molar-refractivity contribution is -0.384. The van der Waals surface area contributed by atoms with Gasteiger partial charge in [-0.15, -0.1) is 0 Å². The van der Waals surface area contributed by atoms with E-state index in [9.17, 15) is 14.5 Å². The SMILES string of the molecule is O=[N+]([O-])c1cc(F)ccc1-c1cnc2ccccc2n1. The van der Waals surface area contributed by atoms with Gasteiger partial charge in [-0.25, -0.2) is 9.37 Å². The predicted molar refractivity (Wildman–Crippen MR) is 71.6 cm³/mol. The third-order valence-electron chi connectivity index (χ3n) is 2.88. The molecule has 0 spiro atoms. The number of halogens is 1. The zero-order valence-corrected chi connectivity index (χ0v) is 10.2. The molecule has 0 aliphatic carbocycles. The number of nitro groups is 1. The summed E-state index contributed by atoms with van der Waals surface area (Å²) in [6, 6.07) is 10.6. The lowest BCUT2D eigenvalue weighted by Crippen LogP contribution is -1.95. The highest BCUT2D eigenvalue weighted by molar-refractivity contribution is 5.79. The van der Waals surface area contributed by atoms with Crippen LogP contribution in [0.2, 0.25) is 0 Å². The Balaban J connectivity index is 2.22. The van der Waals surface area contributed by atoms with Gasteiger partial charge in [0.25, 0.3) is 5.69 Å². The van der Waals surface area contributed by atoms with E-state index in [1.165, 1.54) is 18.3 Å². The molecule has 0 bridgehead atoms. The van der Waals surface area contributed by atoms with E-state index in [1.54, 1.807) is 18.2 Å². The number of nitrogens with zero attached hydrogens (tertiary/aromatic N) is 3. The molecule has 0 unspecified atom stereocenters. The standard InChI is InChI=1S/C14H8FN3O2/c15-9-5-6-10(14(7-9)18(19)20)13-8-16-11-3-1-2-4-12(11)17-13/h1-8H. The molecular weight excluding hydrogens is 261 g/mol. The molecule has 5 nitrogen and oxygen atoms in total. The summed E-state index contributed by atoms with van der Waals surface area (Å²) in [7, 11) is 0. The van der Waals surface area contributed by atoms with Crippen molar-refractivity contribution >= 4 is 16.7 Å². The smallest absolute Gasteiger partial charge is 0.258 e. The van der Waals surface area contributed by atoms with Crippen molar-refractivity contribution in [2.75, 3.05) is 0 Å². The molecular formula is C14H8FN3O2. The maximum atomic E-state index is 13.1. The summed E-state index contributed by atoms with van der Waals surface area (Å²) >= 11 is 0. The molecule has 1 aromatic heterocycles. The molecule has 0 radical (unpaired) electrons. The molecule has 6 heteroatoms. The van der Waals surface area contributed by atoms with Crippen LogP contribution in [0.15, 0.2) is 48.7 Å². The normalized spacial score (nSPS) is 10.7. The second-order valence-corrected chi connectivity index (χ2v) is 4.16. The van der Waals surface area contributed by atoms with Gasteiger partial charge in [0.1, 0.15) is 5.82 Å². The highest BCUT2D eigenvalue weighted by Crippen LogP contribution is 2.29. The van der Waals surface area contributed by atoms with Crippen molar-refractivity contribution in [1.82, 2.24) is 9.97 Å². The van der Waals surface area contributed by atoms with Gasteiger partial charge in [-0.3, -0.25) is 15.1 Å². The van der Waals surface area contributed by atoms with E-state index in [4.69, 9.17) is 0 Å². The van der Waals surface area contributed by atoms with E-state index in [0.29, 0.717) is 16.7 Å². The monoisotopic (exact) mass is 269 g/mol. The molecule has 0 saturated heterocycles. The maximum Gasteiger partial charge on any atom is 0.281 e. The van der Waals surface area contributed by atoms with Crippen LogP contribution in [0, 0.1) is 15.9 Å². The maximum absolute atomic E-state index is 13.1. The van der Waals surface area contributed by atoms with Crippen LogP contribution in [0.1, 0.15) is 0 Å². The van der Waals surface area contributed by atoms with E-state index >= 15 is 0 Å². The van der Waals surface area contributed by atoms with Gasteiger partial charge in [0.2, 0.25) is 0 Å². The zero-order chi connectivity index (χ0) is 14.1. The Morgan fingerprint density at radius 1 is 1.10 bits per heavy atom. The average molecular weight is 269 g/mol. The summed E-state index contributed by atoms with van der Waals surface area (Å²) in [6.45, 7) is 0. The van der Waals surface area contributed by atoms with E-state index < -0.39 is 10.7 Å². The van der Waals surface area contributed by atoms with Gasteiger partial charge in [0, 0.05) is 0 Å². The highest BCUT2D eigenvalue weighted by atomic mass is 19.1. The number of benzene rings is 2. The Bertz CT molecular complexity index is 820. The fraction of sp³-hybridized carbons (Fsp3) is 0. The van der Waals surface area contributed by atoms with Crippen LogP contribution in [-0.2, 0) is 0 Å². The van der Waals surface area contributed by atoms with Crippen molar-refractivity contribution in [1.29, 1.82) is 0 Å². The van der Waals surface area contributed by atoms with Gasteiger partial charge in [-0.2, -0.15) is 0 Å². The minimum absolute atomic E-state index is 0.245. The summed E-state index contributed by atoms with van der Waals surface area (Å²) in [5.41, 5.74) is 1.59. The number of para-hydroxylation sites is 2. The lowest BCUT2D eigenvalue weighted by Gasteiger charge is -2.04. The summed E-state index contributed by atoms with van der Waals surface area (Å²) in [5, 5.41) is 11.0. The van der Waals surface area contributed by atoms with Gasteiger partial charge in [0.15, 0.2) is 0 Å². The minimum atomic E-state index is -0.658. The van der Waals surface area contributed by atoms with Gasteiger partial charge in [-0.05, 0) is 24.3 Å². The first-order chi connectivity index (χ1) is 9.65. The molecule has 2 aromatic carbocycles. The first kappa shape index (κ1) is 12.2. The van der Waals surface area contributed by atoms with E-state index in [1.807, 2.05) is 6.07 Å². The first-order valence-electron chi connectivity index (χ1n) is 5.81. The Morgan fingerprint density at radius 3 is 2.60 bits per heavy atom. The van der Waals surface area contributed by atoms with Crippen molar-refractivity contribution < 1.29 is 9.31 Å². The molecule has 0 fully saturated rings. The van der Waals surface area contributed by atoms with Crippen LogP contribution in [-0.4, -0.2) is 14.9 Å². The average Bonchev–Trinajstić information content (AvgIpc) is 2.46. The van der Waals surface area contributed by atoms with Crippen molar-refractivity contribution in [2.24, 2.45) is 0 Å². The summed E-state index contributed by atoms with van der Waals surface area (Å²) in [5.74, 6) is -0.658. The fourth-order valence-electron chi connectivity index (χ4n) is 1.96. The number of rotatable bonds is 2. The van der Waals surface area contributed by atoms with E-state index in [-0.39, 0.29) is 11.3 Å². The molecule has 0 N–H and O–H groups in total. The number of hydrogen-bond acceptors (Lipinski definition) is 4. The molecule has 98 valence electrons. The third-order valence-corrected chi connectivity index (χ3v) is 2.88. The summed E-state index contributed by atoms with van der Waals surface area (Å²) in [4.78, 5) is 18.9. The second-order valence-electron chi connectivity index (χ2n) is 4.16. The highest BCUT2D eigenvalue weighted by Gasteiger charge is 2.17. The van der Waals surface area contributed by atoms with Crippen LogP contribution in [0.4, 0.5) is 10.1 Å². The van der Waals surface area contributed by atoms with Gasteiger partial charge < -0.3 is 0 Å². The summed E-state index contributed by atoms with van der Waals surface area (Å²) < 4.78 is 13.1. The molecule has 0 amide bonds. The molecule has 0 saturated carbocycles. The first-order valence-corrected chi connectivity index (χ1v) is 5.81. The Kier molecular flexibility index (Phi) is 2.83. The van der Waals surface area contributed by atoms with Crippen LogP contribution in [0.3, 0.4) is 0 Å². The number of hydrogen-bond donors (Lipinski definition) is 0. The van der Waals surface area contributed by atoms with E-state index in [2.05, 4.69) is 9.97 Å². The lowest BCUT2D eigenvalue weighted by atomic mass is 10.1. The molecule has 0 aliphatic rings. The number of fused-ring (bicyclic) bond motifs is 1. The van der Waals surface area contributed by atoms with Crippen molar-refractivity contribution in [3.05, 3.63) is 64.6 Å². The second kappa shape index (κ2) is 4.65. The number of nitro benzene ring substituents is 1. The third kappa shape index (κ3) is 2.07. The minimum Gasteiger partial charge on any atom is -0.258 e. The van der Waals surface area contributed by atoms with Gasteiger partial charge in [0.05, 0.1) is 39.5 Å². The quantitative estimate of drug-likeness (QED) is 0.528. The predicted octanol–water partition coefficient (Wildman–Crippen LogP) is 3.34. The van der Waals surface area contributed by atoms with E-state index in [0.717, 1.165) is 6.07 Å². The van der Waals surface area contributed by atoms with Gasteiger partial charge in [-0.1, -0.05) is 12.1 Å². The van der Waals surface area contributed by atoms with Crippen LogP contribution >= 0.6 is 0 Å². The van der Waals surface area contributed by atoms with Crippen molar-refractivity contribution in [2.45, 2.75) is 0 Å². The van der Waals surface area contributed by atoms with Crippen molar-refractivity contribution in [3.8, 4) is 11.3 Å². The summed E-state index contributed by atoms with van der Waals surface area (Å²) in [6.07, 6.45) is 1.45. The van der Waals surface area contributed by atoms with Crippen molar-refractivity contribution in [3.63, 3.8) is 0 Å². The topological polar surface area (TPSA) is 68.9 Å². The molecule has 0 atom stereocenters. The zero-order valence-electron chi connectivity index (χ0n) is 10.2. The van der Waals surface area contributed by atoms with Crippen LogP contribution in [0.25, 0.3) is 22.3 Å². The van der Waals surface area contributed by atoms with Gasteiger partial charge >= 0.3 is 0 Å². The fourth-order valence-corrected chi connectivity index (χ4v) is 1.96. The Labute approximate surface area is 112 Å². The molecule has 3 rings (SSSR count). The van der Waals surface area contributed by atoms with Crippen LogP contribution < -0.4 is 0 Å². The molecule has 3 aromatic rings. The molecule has 0 aliphatic heterocycles. The van der Waals surface area contributed by atoms with Crippen LogP contribution in [0.5, 0.6) is 0 Å². The Morgan fingerprint density at radius 2 is 1.85 bits per heavy atom. The number of aromatic nitrogens is 2. The molecule has 1 heterocycles.